The number of anilines is 2. The monoisotopic (exact) mass is 392 g/mol. The number of benzene rings is 1. The van der Waals surface area contributed by atoms with Gasteiger partial charge < -0.3 is 20.0 Å². The Kier molecular flexibility index (Phi) is 4.75. The third kappa shape index (κ3) is 3.44. The van der Waals surface area contributed by atoms with Gasteiger partial charge in [0.1, 0.15) is 5.76 Å². The molecule has 6 nitrogen and oxygen atoms in total. The summed E-state index contributed by atoms with van der Waals surface area (Å²) in [5.74, 6) is 0.342. The van der Waals surface area contributed by atoms with E-state index < -0.39 is 5.91 Å². The molecule has 0 saturated carbocycles. The van der Waals surface area contributed by atoms with Gasteiger partial charge in [-0.1, -0.05) is 18.2 Å². The van der Waals surface area contributed by atoms with Crippen molar-refractivity contribution in [1.29, 1.82) is 0 Å². The van der Waals surface area contributed by atoms with Crippen LogP contribution in [0.5, 0.6) is 0 Å². The summed E-state index contributed by atoms with van der Waals surface area (Å²) >= 11 is 1.51. The summed E-state index contributed by atoms with van der Waals surface area (Å²) in [5.41, 5.74) is 10.6. The number of furan rings is 1. The van der Waals surface area contributed by atoms with Gasteiger partial charge in [0, 0.05) is 16.8 Å². The fourth-order valence-electron chi connectivity index (χ4n) is 3.15. The third-order valence-corrected chi connectivity index (χ3v) is 5.44. The molecule has 28 heavy (non-hydrogen) atoms. The predicted molar refractivity (Wildman–Crippen MR) is 111 cm³/mol. The highest BCUT2D eigenvalue weighted by molar-refractivity contribution is 7.14. The molecule has 0 aliphatic rings. The second-order valence-electron chi connectivity index (χ2n) is 6.54. The van der Waals surface area contributed by atoms with Crippen molar-refractivity contribution >= 4 is 28.1 Å². The lowest BCUT2D eigenvalue weighted by Crippen LogP contribution is -2.12. The van der Waals surface area contributed by atoms with Gasteiger partial charge in [-0.05, 0) is 43.7 Å². The summed E-state index contributed by atoms with van der Waals surface area (Å²) in [6.07, 6.45) is 1.63. The second kappa shape index (κ2) is 7.36. The topological polar surface area (TPSA) is 86.1 Å². The van der Waals surface area contributed by atoms with E-state index in [1.54, 1.807) is 12.3 Å². The molecule has 0 radical (unpaired) electrons. The van der Waals surface area contributed by atoms with Gasteiger partial charge in [0.2, 0.25) is 0 Å². The number of aryl methyl sites for hydroxylation is 1. The number of thiazole rings is 1. The lowest BCUT2D eigenvalue weighted by Gasteiger charge is -2.09. The second-order valence-corrected chi connectivity index (χ2v) is 7.39. The maximum atomic E-state index is 11.9. The smallest absolute Gasteiger partial charge is 0.250 e. The highest BCUT2D eigenvalue weighted by Gasteiger charge is 2.19. The molecule has 0 aliphatic carbocycles. The number of nitrogens with one attached hydrogen (secondary N) is 1. The lowest BCUT2D eigenvalue weighted by molar-refractivity contribution is 0.0999. The van der Waals surface area contributed by atoms with Crippen LogP contribution in [0.2, 0.25) is 0 Å². The summed E-state index contributed by atoms with van der Waals surface area (Å²) in [5, 5.41) is 6.12. The number of carbonyl (C=O) groups is 1. The number of aromatic nitrogens is 2. The molecular formula is C21H20N4O2S. The van der Waals surface area contributed by atoms with Crippen molar-refractivity contribution in [3.63, 3.8) is 0 Å². The quantitative estimate of drug-likeness (QED) is 0.497. The van der Waals surface area contributed by atoms with Crippen LogP contribution in [0.3, 0.4) is 0 Å². The molecule has 3 aromatic heterocycles. The third-order valence-electron chi connectivity index (χ3n) is 4.68. The van der Waals surface area contributed by atoms with E-state index in [1.165, 1.54) is 11.3 Å². The van der Waals surface area contributed by atoms with Crippen LogP contribution in [0.1, 0.15) is 27.4 Å². The van der Waals surface area contributed by atoms with Crippen LogP contribution in [0, 0.1) is 13.8 Å². The Morgan fingerprint density at radius 3 is 2.79 bits per heavy atom. The lowest BCUT2D eigenvalue weighted by atomic mass is 10.2. The molecule has 1 aromatic carbocycles. The number of carbonyl (C=O) groups excluding carboxylic acids is 1. The van der Waals surface area contributed by atoms with Crippen LogP contribution >= 0.6 is 11.3 Å². The van der Waals surface area contributed by atoms with Gasteiger partial charge >= 0.3 is 0 Å². The number of amides is 1. The molecule has 142 valence electrons. The van der Waals surface area contributed by atoms with Gasteiger partial charge in [-0.2, -0.15) is 0 Å². The fraction of sp³-hybridized carbons (Fsp3) is 0.143. The average molecular weight is 392 g/mol. The summed E-state index contributed by atoms with van der Waals surface area (Å²) in [4.78, 5) is 16.6. The SMILES string of the molecule is Cc1ccccc1Nc1nc(-c2cc(C(N)=O)c(C)n2Cc2ccco2)cs1. The molecule has 0 atom stereocenters. The molecule has 0 spiro atoms. The molecule has 4 aromatic rings. The largest absolute Gasteiger partial charge is 0.467 e. The molecule has 0 unspecified atom stereocenters. The number of nitrogens with two attached hydrogens (primary N) is 1. The summed E-state index contributed by atoms with van der Waals surface area (Å²) in [6.45, 7) is 4.43. The van der Waals surface area contributed by atoms with Gasteiger partial charge in [0.15, 0.2) is 5.13 Å². The van der Waals surface area contributed by atoms with Crippen molar-refractivity contribution < 1.29 is 9.21 Å². The first-order valence-corrected chi connectivity index (χ1v) is 9.72. The molecule has 7 heteroatoms. The highest BCUT2D eigenvalue weighted by atomic mass is 32.1. The first-order chi connectivity index (χ1) is 13.5. The van der Waals surface area contributed by atoms with Crippen LogP contribution in [-0.2, 0) is 6.54 Å². The summed E-state index contributed by atoms with van der Waals surface area (Å²) in [7, 11) is 0. The van der Waals surface area contributed by atoms with Gasteiger partial charge in [-0.15, -0.1) is 11.3 Å². The van der Waals surface area contributed by atoms with Crippen LogP contribution in [-0.4, -0.2) is 15.5 Å². The predicted octanol–water partition coefficient (Wildman–Crippen LogP) is 4.71. The number of hydrogen-bond acceptors (Lipinski definition) is 5. The Labute approximate surface area is 166 Å². The Morgan fingerprint density at radius 1 is 1.25 bits per heavy atom. The first kappa shape index (κ1) is 18.1. The number of primary amides is 1. The Balaban J connectivity index is 1.70. The van der Waals surface area contributed by atoms with Crippen LogP contribution in [0.15, 0.2) is 58.5 Å². The van der Waals surface area contributed by atoms with Crippen molar-refractivity contribution in [3.8, 4) is 11.4 Å². The maximum Gasteiger partial charge on any atom is 0.250 e. The molecule has 3 heterocycles. The van der Waals surface area contributed by atoms with Crippen LogP contribution in [0.25, 0.3) is 11.4 Å². The molecule has 0 saturated heterocycles. The molecule has 3 N–H and O–H groups in total. The Morgan fingerprint density at radius 2 is 2.07 bits per heavy atom. The van der Waals surface area contributed by atoms with Crippen molar-refractivity contribution in [1.82, 2.24) is 9.55 Å². The van der Waals surface area contributed by atoms with Crippen LogP contribution < -0.4 is 11.1 Å². The van der Waals surface area contributed by atoms with E-state index in [1.807, 2.05) is 60.2 Å². The van der Waals surface area contributed by atoms with Gasteiger partial charge in [0.25, 0.3) is 5.91 Å². The minimum absolute atomic E-state index is 0.453. The zero-order valence-corrected chi connectivity index (χ0v) is 16.4. The number of nitrogens with zero attached hydrogens (tertiary/aromatic N) is 2. The molecular weight excluding hydrogens is 372 g/mol. The van der Waals surface area contributed by atoms with Gasteiger partial charge in [-0.25, -0.2) is 4.98 Å². The fourth-order valence-corrected chi connectivity index (χ4v) is 3.86. The molecule has 4 rings (SSSR count). The summed E-state index contributed by atoms with van der Waals surface area (Å²) in [6, 6.07) is 13.6. The van der Waals surface area contributed by atoms with E-state index in [4.69, 9.17) is 15.1 Å². The molecule has 1 amide bonds. The van der Waals surface area contributed by atoms with Gasteiger partial charge in [0.05, 0.1) is 29.8 Å². The zero-order chi connectivity index (χ0) is 19.7. The van der Waals surface area contributed by atoms with Gasteiger partial charge in [-0.3, -0.25) is 4.79 Å². The van der Waals surface area contributed by atoms with E-state index in [0.29, 0.717) is 12.1 Å². The van der Waals surface area contributed by atoms with Crippen molar-refractivity contribution in [2.24, 2.45) is 5.73 Å². The first-order valence-electron chi connectivity index (χ1n) is 8.84. The number of para-hydroxylation sites is 1. The van der Waals surface area contributed by atoms with E-state index >= 15 is 0 Å². The Bertz CT molecular complexity index is 1130. The molecule has 0 fully saturated rings. The number of hydrogen-bond donors (Lipinski definition) is 2. The molecule has 0 bridgehead atoms. The van der Waals surface area contributed by atoms with Crippen molar-refractivity contribution in [2.75, 3.05) is 5.32 Å². The van der Waals surface area contributed by atoms with E-state index in [9.17, 15) is 4.79 Å². The minimum atomic E-state index is -0.453. The van der Waals surface area contributed by atoms with Crippen molar-refractivity contribution in [2.45, 2.75) is 20.4 Å². The Hall–Kier alpha value is -3.32. The van der Waals surface area contributed by atoms with Crippen LogP contribution in [0.4, 0.5) is 10.8 Å². The van der Waals surface area contributed by atoms with E-state index in [0.717, 1.165) is 39.2 Å². The highest BCUT2D eigenvalue weighted by Crippen LogP contribution is 2.31. The standard InChI is InChI=1S/C21H20N4O2S/c1-13-6-3-4-8-17(13)23-21-24-18(12-28-21)19-10-16(20(22)26)14(2)25(19)11-15-7-5-9-27-15/h3-10,12H,11H2,1-2H3,(H2,22,26)(H,23,24). The maximum absolute atomic E-state index is 11.9. The zero-order valence-electron chi connectivity index (χ0n) is 15.6. The van der Waals surface area contributed by atoms with Crippen molar-refractivity contribution in [3.05, 3.63) is 76.7 Å². The minimum Gasteiger partial charge on any atom is -0.467 e. The summed E-state index contributed by atoms with van der Waals surface area (Å²) < 4.78 is 7.49. The van der Waals surface area contributed by atoms with E-state index in [-0.39, 0.29) is 0 Å². The average Bonchev–Trinajstić information content (AvgIpc) is 3.39. The molecule has 0 aliphatic heterocycles. The number of rotatable bonds is 6. The van der Waals surface area contributed by atoms with E-state index in [2.05, 4.69) is 5.32 Å². The normalized spacial score (nSPS) is 10.9.